The predicted octanol–water partition coefficient (Wildman–Crippen LogP) is 1.32. The van der Waals surface area contributed by atoms with Crippen LogP contribution in [0.25, 0.3) is 0 Å². The summed E-state index contributed by atoms with van der Waals surface area (Å²) in [7, 11) is 3.28. The molecule has 0 aromatic heterocycles. The van der Waals surface area contributed by atoms with Gasteiger partial charge in [0.2, 0.25) is 0 Å². The Labute approximate surface area is 73.3 Å². The Kier molecular flexibility index (Phi) is 4.78. The van der Waals surface area contributed by atoms with Gasteiger partial charge in [-0.05, 0) is 6.42 Å². The van der Waals surface area contributed by atoms with Gasteiger partial charge in [-0.1, -0.05) is 19.4 Å². The molecule has 3 heteroatoms. The quantitative estimate of drug-likeness (QED) is 0.469. The van der Waals surface area contributed by atoms with Crippen molar-refractivity contribution in [1.82, 2.24) is 4.90 Å². The zero-order valence-electron chi connectivity index (χ0n) is 7.79. The summed E-state index contributed by atoms with van der Waals surface area (Å²) in [6, 6.07) is 1.89. The van der Waals surface area contributed by atoms with E-state index in [0.717, 1.165) is 12.8 Å². The molecule has 0 aromatic carbocycles. The van der Waals surface area contributed by atoms with Gasteiger partial charge in [0.1, 0.15) is 11.6 Å². The third kappa shape index (κ3) is 3.20. The molecule has 0 bridgehead atoms. The molecular formula is C9H14N2O. The second-order valence-corrected chi connectivity index (χ2v) is 2.72. The molecule has 0 heterocycles. The van der Waals surface area contributed by atoms with Gasteiger partial charge in [-0.3, -0.25) is 4.79 Å². The number of nitrogens with zero attached hydrogens (tertiary/aromatic N) is 2. The van der Waals surface area contributed by atoms with Crippen LogP contribution in [0, 0.1) is 11.3 Å². The van der Waals surface area contributed by atoms with Crippen molar-refractivity contribution in [3.63, 3.8) is 0 Å². The fraction of sp³-hybridized carbons (Fsp3) is 0.556. The number of hydrogen-bond donors (Lipinski definition) is 0. The summed E-state index contributed by atoms with van der Waals surface area (Å²) in [4.78, 5) is 12.6. The van der Waals surface area contributed by atoms with Crippen molar-refractivity contribution in [3.05, 3.63) is 11.6 Å². The van der Waals surface area contributed by atoms with Crippen molar-refractivity contribution in [2.75, 3.05) is 14.1 Å². The van der Waals surface area contributed by atoms with Crippen LogP contribution in [-0.4, -0.2) is 24.9 Å². The molecule has 0 atom stereocenters. The summed E-state index contributed by atoms with van der Waals surface area (Å²) in [5, 5.41) is 8.61. The highest BCUT2D eigenvalue weighted by Gasteiger charge is 2.09. The highest BCUT2D eigenvalue weighted by atomic mass is 16.2. The highest BCUT2D eigenvalue weighted by Crippen LogP contribution is 2.00. The lowest BCUT2D eigenvalue weighted by Gasteiger charge is -2.07. The molecule has 1 amide bonds. The molecule has 0 aliphatic carbocycles. The second kappa shape index (κ2) is 5.36. The normalized spacial score (nSPS) is 10.7. The van der Waals surface area contributed by atoms with Crippen molar-refractivity contribution in [2.24, 2.45) is 0 Å². The van der Waals surface area contributed by atoms with E-state index in [9.17, 15) is 4.79 Å². The average molecular weight is 166 g/mol. The molecule has 0 rings (SSSR count). The van der Waals surface area contributed by atoms with Gasteiger partial charge in [0.15, 0.2) is 0 Å². The fourth-order valence-electron chi connectivity index (χ4n) is 0.710. The first-order valence-corrected chi connectivity index (χ1v) is 3.95. The lowest BCUT2D eigenvalue weighted by Crippen LogP contribution is -2.22. The maximum absolute atomic E-state index is 11.2. The Bertz CT molecular complexity index is 223. The first kappa shape index (κ1) is 10.7. The fourth-order valence-corrected chi connectivity index (χ4v) is 0.710. The molecule has 0 aliphatic heterocycles. The van der Waals surface area contributed by atoms with Crippen LogP contribution in [0.1, 0.15) is 19.8 Å². The van der Waals surface area contributed by atoms with Crippen LogP contribution in [0.3, 0.4) is 0 Å². The molecule has 0 saturated heterocycles. The summed E-state index contributed by atoms with van der Waals surface area (Å²) in [6.45, 7) is 2.01. The van der Waals surface area contributed by atoms with E-state index in [1.165, 1.54) is 4.90 Å². The number of hydrogen-bond acceptors (Lipinski definition) is 2. The minimum atomic E-state index is -0.217. The van der Waals surface area contributed by atoms with Gasteiger partial charge < -0.3 is 4.90 Å². The summed E-state index contributed by atoms with van der Waals surface area (Å²) in [6.07, 6.45) is 3.41. The van der Waals surface area contributed by atoms with Crippen LogP contribution >= 0.6 is 0 Å². The van der Waals surface area contributed by atoms with Crippen molar-refractivity contribution in [2.45, 2.75) is 19.8 Å². The molecule has 0 radical (unpaired) electrons. The van der Waals surface area contributed by atoms with Gasteiger partial charge in [0.05, 0.1) is 0 Å². The van der Waals surface area contributed by atoms with E-state index in [0.29, 0.717) is 0 Å². The molecular weight excluding hydrogens is 152 g/mol. The van der Waals surface area contributed by atoms with E-state index in [1.807, 2.05) is 13.0 Å². The molecule has 0 saturated carbocycles. The summed E-state index contributed by atoms with van der Waals surface area (Å²) in [5.41, 5.74) is 0.238. The molecule has 0 unspecified atom stereocenters. The Hall–Kier alpha value is -1.30. The Morgan fingerprint density at radius 2 is 2.17 bits per heavy atom. The Balaban J connectivity index is 4.37. The van der Waals surface area contributed by atoms with Gasteiger partial charge >= 0.3 is 0 Å². The Morgan fingerprint density at radius 3 is 2.50 bits per heavy atom. The van der Waals surface area contributed by atoms with E-state index in [2.05, 4.69) is 0 Å². The van der Waals surface area contributed by atoms with Gasteiger partial charge in [-0.15, -0.1) is 0 Å². The third-order valence-corrected chi connectivity index (χ3v) is 1.39. The van der Waals surface area contributed by atoms with Gasteiger partial charge in [-0.25, -0.2) is 0 Å². The van der Waals surface area contributed by atoms with Gasteiger partial charge in [0.25, 0.3) is 5.91 Å². The molecule has 12 heavy (non-hydrogen) atoms. The van der Waals surface area contributed by atoms with Crippen molar-refractivity contribution >= 4 is 5.91 Å². The van der Waals surface area contributed by atoms with Crippen molar-refractivity contribution in [1.29, 1.82) is 5.26 Å². The first-order valence-electron chi connectivity index (χ1n) is 3.95. The SMILES string of the molecule is CCC/C=C(/C#N)C(=O)N(C)C. The maximum atomic E-state index is 11.2. The van der Waals surface area contributed by atoms with Crippen LogP contribution in [0.2, 0.25) is 0 Å². The number of carbonyl (C=O) groups excluding carboxylic acids is 1. The standard InChI is InChI=1S/C9H14N2O/c1-4-5-6-8(7-10)9(12)11(2)3/h6H,4-5H2,1-3H3/b8-6-. The number of carbonyl (C=O) groups is 1. The molecule has 66 valence electrons. The summed E-state index contributed by atoms with van der Waals surface area (Å²) >= 11 is 0. The largest absolute Gasteiger partial charge is 0.344 e. The smallest absolute Gasteiger partial charge is 0.263 e. The summed E-state index contributed by atoms with van der Waals surface area (Å²) < 4.78 is 0. The van der Waals surface area contributed by atoms with Gasteiger partial charge in [-0.2, -0.15) is 5.26 Å². The molecule has 0 aliphatic rings. The monoisotopic (exact) mass is 166 g/mol. The van der Waals surface area contributed by atoms with E-state index in [1.54, 1.807) is 20.2 Å². The minimum Gasteiger partial charge on any atom is -0.344 e. The average Bonchev–Trinajstić information content (AvgIpc) is 2.05. The molecule has 0 fully saturated rings. The van der Waals surface area contributed by atoms with Crippen LogP contribution in [0.5, 0.6) is 0 Å². The first-order chi connectivity index (χ1) is 5.63. The Morgan fingerprint density at radius 1 is 1.58 bits per heavy atom. The maximum Gasteiger partial charge on any atom is 0.263 e. The topological polar surface area (TPSA) is 44.1 Å². The van der Waals surface area contributed by atoms with Crippen molar-refractivity contribution < 1.29 is 4.79 Å². The van der Waals surface area contributed by atoms with Crippen molar-refractivity contribution in [3.8, 4) is 6.07 Å². The molecule has 0 N–H and O–H groups in total. The lowest BCUT2D eigenvalue weighted by molar-refractivity contribution is -0.124. The lowest BCUT2D eigenvalue weighted by atomic mass is 10.2. The van der Waals surface area contributed by atoms with E-state index < -0.39 is 0 Å². The molecule has 0 spiro atoms. The zero-order valence-corrected chi connectivity index (χ0v) is 7.79. The number of amides is 1. The number of nitriles is 1. The van der Waals surface area contributed by atoms with Crippen LogP contribution in [-0.2, 0) is 4.79 Å². The molecule has 3 nitrogen and oxygen atoms in total. The third-order valence-electron chi connectivity index (χ3n) is 1.39. The highest BCUT2D eigenvalue weighted by molar-refractivity contribution is 5.96. The molecule has 0 aromatic rings. The van der Waals surface area contributed by atoms with E-state index in [4.69, 9.17) is 5.26 Å². The van der Waals surface area contributed by atoms with Crippen LogP contribution in [0.15, 0.2) is 11.6 Å². The van der Waals surface area contributed by atoms with E-state index in [-0.39, 0.29) is 11.5 Å². The number of rotatable bonds is 3. The number of likely N-dealkylation sites (N-methyl/N-ethyl adjacent to an activating group) is 1. The van der Waals surface area contributed by atoms with Gasteiger partial charge in [0, 0.05) is 14.1 Å². The predicted molar refractivity (Wildman–Crippen MR) is 47.3 cm³/mol. The summed E-state index contributed by atoms with van der Waals surface area (Å²) in [5.74, 6) is -0.217. The number of unbranched alkanes of at least 4 members (excludes halogenated alkanes) is 1. The minimum absolute atomic E-state index is 0.217. The van der Waals surface area contributed by atoms with E-state index >= 15 is 0 Å². The van der Waals surface area contributed by atoms with Crippen LogP contribution < -0.4 is 0 Å². The second-order valence-electron chi connectivity index (χ2n) is 2.72. The number of allylic oxidation sites excluding steroid dienone is 1. The van der Waals surface area contributed by atoms with Crippen LogP contribution in [0.4, 0.5) is 0 Å². The zero-order chi connectivity index (χ0) is 9.56.